The molecule has 1 aromatic heterocycles. The number of ether oxygens (including phenoxy) is 1. The number of carbonyl (C=O) groups excluding carboxylic acids is 1. The number of thiocarbonyl (C=S) groups is 1. The molecule has 5 nitrogen and oxygen atoms in total. The second-order valence-corrected chi connectivity index (χ2v) is 7.45. The van der Waals surface area contributed by atoms with E-state index >= 15 is 0 Å². The minimum Gasteiger partial charge on any atom is -0.482 e. The van der Waals surface area contributed by atoms with Gasteiger partial charge in [-0.25, -0.2) is 0 Å². The third-order valence-corrected chi connectivity index (χ3v) is 4.75. The van der Waals surface area contributed by atoms with Gasteiger partial charge in [-0.1, -0.05) is 51.8 Å². The predicted octanol–water partition coefficient (Wildman–Crippen LogP) is 4.93. The minimum absolute atomic E-state index is 0.189. The lowest BCUT2D eigenvalue weighted by atomic mass is 10.2. The molecule has 0 saturated heterocycles. The summed E-state index contributed by atoms with van der Waals surface area (Å²) in [6.45, 7) is 0.154. The topological polar surface area (TPSA) is 63.5 Å². The quantitative estimate of drug-likeness (QED) is 0.491. The maximum atomic E-state index is 11.9. The third-order valence-electron chi connectivity index (χ3n) is 3.66. The van der Waals surface area contributed by atoms with Crippen LogP contribution in [0.2, 0.25) is 5.02 Å². The molecule has 1 heterocycles. The molecule has 3 rings (SSSR count). The third kappa shape index (κ3) is 5.82. The molecule has 0 aliphatic carbocycles. The van der Waals surface area contributed by atoms with E-state index < -0.39 is 0 Å². The summed E-state index contributed by atoms with van der Waals surface area (Å²) in [6, 6.07) is 18.5. The Bertz CT molecular complexity index is 976. The Balaban J connectivity index is 1.44. The number of amides is 1. The molecule has 0 spiro atoms. The summed E-state index contributed by atoms with van der Waals surface area (Å²) in [6.07, 6.45) is 0. The minimum atomic E-state index is -0.382. The number of hydrogen-bond donors (Lipinski definition) is 2. The molecule has 0 fully saturated rings. The number of halogens is 2. The van der Waals surface area contributed by atoms with Gasteiger partial charge in [0.25, 0.3) is 5.91 Å². The van der Waals surface area contributed by atoms with Crippen LogP contribution in [0.25, 0.3) is 11.3 Å². The van der Waals surface area contributed by atoms with Crippen LogP contribution in [0.4, 0.5) is 0 Å². The van der Waals surface area contributed by atoms with E-state index in [4.69, 9.17) is 33.0 Å². The van der Waals surface area contributed by atoms with Crippen molar-refractivity contribution >= 4 is 50.8 Å². The highest BCUT2D eigenvalue weighted by atomic mass is 79.9. The van der Waals surface area contributed by atoms with Crippen molar-refractivity contribution in [1.82, 2.24) is 10.6 Å². The Labute approximate surface area is 181 Å². The van der Waals surface area contributed by atoms with Gasteiger partial charge in [0, 0.05) is 10.0 Å². The molecule has 0 unspecified atom stereocenters. The van der Waals surface area contributed by atoms with Crippen LogP contribution >= 0.6 is 39.7 Å². The van der Waals surface area contributed by atoms with Crippen LogP contribution in [-0.4, -0.2) is 17.6 Å². The number of para-hydroxylation sites is 1. The van der Waals surface area contributed by atoms with Crippen molar-refractivity contribution in [3.8, 4) is 17.1 Å². The number of hydrogen-bond acceptors (Lipinski definition) is 4. The van der Waals surface area contributed by atoms with Crippen molar-refractivity contribution < 1.29 is 13.9 Å². The van der Waals surface area contributed by atoms with Crippen LogP contribution < -0.4 is 15.4 Å². The van der Waals surface area contributed by atoms with Gasteiger partial charge < -0.3 is 19.8 Å². The summed E-state index contributed by atoms with van der Waals surface area (Å²) in [5.41, 5.74) is 0.974. The first kappa shape index (κ1) is 20.4. The molecule has 0 aliphatic heterocycles. The number of rotatable bonds is 6. The molecule has 0 bridgehead atoms. The fourth-order valence-corrected chi connectivity index (χ4v) is 2.96. The highest BCUT2D eigenvalue weighted by Crippen LogP contribution is 2.24. The molecule has 8 heteroatoms. The van der Waals surface area contributed by atoms with Crippen LogP contribution in [0.5, 0.6) is 5.75 Å². The number of benzene rings is 2. The zero-order valence-corrected chi connectivity index (χ0v) is 17.7. The fraction of sp³-hybridized carbons (Fsp3) is 0.100. The standard InChI is InChI=1S/C20H16BrClN2O3S/c21-14-7-5-13(6-8-14)17-10-9-15(27-17)11-23-20(28)24-19(25)12-26-18-4-2-1-3-16(18)22/h1-10H,11-12H2,(H2,23,24,25,28). The first-order valence-electron chi connectivity index (χ1n) is 8.31. The summed E-state index contributed by atoms with van der Waals surface area (Å²) in [5, 5.41) is 6.11. The molecule has 1 amide bonds. The molecule has 3 aromatic rings. The Kier molecular flexibility index (Phi) is 7.08. The van der Waals surface area contributed by atoms with Crippen molar-refractivity contribution in [2.75, 3.05) is 6.61 Å². The second kappa shape index (κ2) is 9.73. The lowest BCUT2D eigenvalue weighted by Gasteiger charge is -2.10. The number of carbonyl (C=O) groups is 1. The highest BCUT2D eigenvalue weighted by Gasteiger charge is 2.09. The van der Waals surface area contributed by atoms with E-state index in [-0.39, 0.29) is 17.6 Å². The molecular formula is C20H16BrClN2O3S. The maximum absolute atomic E-state index is 11.9. The van der Waals surface area contributed by atoms with E-state index in [1.165, 1.54) is 0 Å². The summed E-state index contributed by atoms with van der Waals surface area (Å²) in [4.78, 5) is 11.9. The van der Waals surface area contributed by atoms with Crippen molar-refractivity contribution in [2.45, 2.75) is 6.54 Å². The van der Waals surface area contributed by atoms with Gasteiger partial charge in [0.05, 0.1) is 11.6 Å². The van der Waals surface area contributed by atoms with Crippen molar-refractivity contribution in [2.24, 2.45) is 0 Å². The van der Waals surface area contributed by atoms with Gasteiger partial charge in [-0.15, -0.1) is 0 Å². The van der Waals surface area contributed by atoms with Gasteiger partial charge in [0.2, 0.25) is 0 Å². The largest absolute Gasteiger partial charge is 0.482 e. The van der Waals surface area contributed by atoms with Gasteiger partial charge in [0.15, 0.2) is 11.7 Å². The summed E-state index contributed by atoms with van der Waals surface area (Å²) >= 11 is 14.5. The SMILES string of the molecule is O=C(COc1ccccc1Cl)NC(=S)NCc1ccc(-c2ccc(Br)cc2)o1. The lowest BCUT2D eigenvalue weighted by Crippen LogP contribution is -2.41. The highest BCUT2D eigenvalue weighted by molar-refractivity contribution is 9.10. The van der Waals surface area contributed by atoms with Crippen LogP contribution in [0.15, 0.2) is 69.6 Å². The van der Waals surface area contributed by atoms with Crippen LogP contribution in [0, 0.1) is 0 Å². The summed E-state index contributed by atoms with van der Waals surface area (Å²) in [7, 11) is 0. The Morgan fingerprint density at radius 2 is 1.86 bits per heavy atom. The molecule has 28 heavy (non-hydrogen) atoms. The van der Waals surface area contributed by atoms with E-state index in [9.17, 15) is 4.79 Å². The van der Waals surface area contributed by atoms with Crippen molar-refractivity contribution in [3.63, 3.8) is 0 Å². The van der Waals surface area contributed by atoms with Gasteiger partial charge in [-0.2, -0.15) is 0 Å². The molecule has 0 aliphatic rings. The molecular weight excluding hydrogens is 464 g/mol. The zero-order valence-electron chi connectivity index (χ0n) is 14.6. The van der Waals surface area contributed by atoms with Crippen LogP contribution in [0.3, 0.4) is 0 Å². The van der Waals surface area contributed by atoms with E-state index in [0.717, 1.165) is 15.8 Å². The Morgan fingerprint density at radius 1 is 1.11 bits per heavy atom. The average Bonchev–Trinajstić information content (AvgIpc) is 3.15. The van der Waals surface area contributed by atoms with E-state index in [1.54, 1.807) is 24.3 Å². The van der Waals surface area contributed by atoms with Crippen molar-refractivity contribution in [1.29, 1.82) is 0 Å². The Hall–Kier alpha value is -2.35. The van der Waals surface area contributed by atoms with Crippen LogP contribution in [0.1, 0.15) is 5.76 Å². The monoisotopic (exact) mass is 478 g/mol. The zero-order chi connectivity index (χ0) is 19.9. The van der Waals surface area contributed by atoms with Gasteiger partial charge in [0.1, 0.15) is 17.3 Å². The van der Waals surface area contributed by atoms with E-state index in [0.29, 0.717) is 23.1 Å². The maximum Gasteiger partial charge on any atom is 0.264 e. The second-order valence-electron chi connectivity index (χ2n) is 5.72. The predicted molar refractivity (Wildman–Crippen MR) is 116 cm³/mol. The first-order valence-corrected chi connectivity index (χ1v) is 9.89. The fourth-order valence-electron chi connectivity index (χ4n) is 2.32. The van der Waals surface area contributed by atoms with Crippen LogP contribution in [-0.2, 0) is 11.3 Å². The average molecular weight is 480 g/mol. The first-order chi connectivity index (χ1) is 13.5. The molecule has 0 atom stereocenters. The van der Waals surface area contributed by atoms with Gasteiger partial charge in [-0.3, -0.25) is 4.79 Å². The van der Waals surface area contributed by atoms with Crippen molar-refractivity contribution in [3.05, 3.63) is 75.9 Å². The number of nitrogens with one attached hydrogen (secondary N) is 2. The normalized spacial score (nSPS) is 10.4. The summed E-state index contributed by atoms with van der Waals surface area (Å²) in [5.74, 6) is 1.51. The van der Waals surface area contributed by atoms with Gasteiger partial charge >= 0.3 is 0 Å². The summed E-state index contributed by atoms with van der Waals surface area (Å²) < 4.78 is 12.2. The molecule has 144 valence electrons. The molecule has 2 N–H and O–H groups in total. The molecule has 0 radical (unpaired) electrons. The van der Waals surface area contributed by atoms with E-state index in [1.807, 2.05) is 36.4 Å². The smallest absolute Gasteiger partial charge is 0.264 e. The lowest BCUT2D eigenvalue weighted by molar-refractivity contribution is -0.121. The molecule has 2 aromatic carbocycles. The van der Waals surface area contributed by atoms with E-state index in [2.05, 4.69) is 26.6 Å². The molecule has 0 saturated carbocycles. The van der Waals surface area contributed by atoms with Gasteiger partial charge in [-0.05, 0) is 48.6 Å². The Morgan fingerprint density at radius 3 is 2.61 bits per heavy atom. The number of furan rings is 1.